The van der Waals surface area contributed by atoms with E-state index < -0.39 is 0 Å². The van der Waals surface area contributed by atoms with Crippen molar-refractivity contribution >= 4 is 17.2 Å². The molecule has 1 atom stereocenters. The number of benzene rings is 1. The maximum atomic E-state index is 11.9. The summed E-state index contributed by atoms with van der Waals surface area (Å²) < 4.78 is 0. The number of nitrogens with one attached hydrogen (secondary N) is 1. The van der Waals surface area contributed by atoms with Crippen LogP contribution in [0.15, 0.2) is 29.6 Å². The molecular weight excluding hydrogens is 284 g/mol. The first-order valence-corrected chi connectivity index (χ1v) is 7.88. The van der Waals surface area contributed by atoms with Crippen molar-refractivity contribution in [3.63, 3.8) is 0 Å². The molecule has 1 amide bonds. The summed E-state index contributed by atoms with van der Waals surface area (Å²) in [4.78, 5) is 16.3. The molecule has 2 N–H and O–H groups in total. The van der Waals surface area contributed by atoms with Crippen LogP contribution >= 0.6 is 11.3 Å². The van der Waals surface area contributed by atoms with Gasteiger partial charge in [0.25, 0.3) is 0 Å². The lowest BCUT2D eigenvalue weighted by Gasteiger charge is -2.12. The fourth-order valence-electron chi connectivity index (χ4n) is 2.07. The van der Waals surface area contributed by atoms with E-state index in [1.807, 2.05) is 43.5 Å². The number of aliphatic hydroxyl groups excluding tert-OH is 1. The highest BCUT2D eigenvalue weighted by Gasteiger charge is 2.08. The first-order chi connectivity index (χ1) is 10.1. The lowest BCUT2D eigenvalue weighted by molar-refractivity contribution is -0.121. The molecule has 0 saturated heterocycles. The van der Waals surface area contributed by atoms with Crippen LogP contribution in [0, 0.1) is 6.92 Å². The first kappa shape index (κ1) is 15.7. The molecular formula is C16H20N2O2S. The molecule has 0 radical (unpaired) electrons. The second-order valence-corrected chi connectivity index (χ2v) is 6.17. The van der Waals surface area contributed by atoms with Gasteiger partial charge in [0.15, 0.2) is 0 Å². The largest absolute Gasteiger partial charge is 0.396 e. The third-order valence-electron chi connectivity index (χ3n) is 3.20. The number of hydrogen-bond acceptors (Lipinski definition) is 4. The van der Waals surface area contributed by atoms with Crippen LogP contribution in [0.4, 0.5) is 0 Å². The quantitative estimate of drug-likeness (QED) is 0.862. The first-order valence-electron chi connectivity index (χ1n) is 7.00. The second kappa shape index (κ2) is 7.33. The molecule has 0 bridgehead atoms. The van der Waals surface area contributed by atoms with Crippen LogP contribution in [0.5, 0.6) is 0 Å². The molecule has 1 heterocycles. The third kappa shape index (κ3) is 4.65. The number of aromatic nitrogens is 1. The molecule has 112 valence electrons. The van der Waals surface area contributed by atoms with E-state index in [4.69, 9.17) is 5.11 Å². The van der Waals surface area contributed by atoms with Crippen molar-refractivity contribution in [2.75, 3.05) is 6.61 Å². The Morgan fingerprint density at radius 3 is 2.67 bits per heavy atom. The molecule has 0 spiro atoms. The van der Waals surface area contributed by atoms with Crippen molar-refractivity contribution in [2.24, 2.45) is 0 Å². The molecule has 2 aromatic rings. The van der Waals surface area contributed by atoms with Gasteiger partial charge in [-0.05, 0) is 25.8 Å². The van der Waals surface area contributed by atoms with E-state index in [0.29, 0.717) is 12.8 Å². The van der Waals surface area contributed by atoms with Gasteiger partial charge in [-0.3, -0.25) is 4.79 Å². The molecule has 4 nitrogen and oxygen atoms in total. The zero-order chi connectivity index (χ0) is 15.2. The molecule has 2 rings (SSSR count). The average molecular weight is 304 g/mol. The summed E-state index contributed by atoms with van der Waals surface area (Å²) in [6.07, 6.45) is 0.931. The smallest absolute Gasteiger partial charge is 0.224 e. The number of carbonyl (C=O) groups is 1. The molecule has 0 aliphatic rings. The molecule has 0 saturated carbocycles. The van der Waals surface area contributed by atoms with Crippen molar-refractivity contribution in [1.82, 2.24) is 10.3 Å². The van der Waals surface area contributed by atoms with Crippen LogP contribution in [0.25, 0.3) is 11.3 Å². The molecule has 1 aromatic heterocycles. The van der Waals surface area contributed by atoms with E-state index in [9.17, 15) is 4.79 Å². The minimum atomic E-state index is -0.0202. The van der Waals surface area contributed by atoms with E-state index in [1.165, 1.54) is 0 Å². The molecule has 0 aliphatic carbocycles. The topological polar surface area (TPSA) is 62.2 Å². The fourth-order valence-corrected chi connectivity index (χ4v) is 2.69. The second-order valence-electron chi connectivity index (χ2n) is 5.11. The van der Waals surface area contributed by atoms with Crippen LogP contribution < -0.4 is 5.32 Å². The van der Waals surface area contributed by atoms with Crippen molar-refractivity contribution in [2.45, 2.75) is 32.7 Å². The van der Waals surface area contributed by atoms with E-state index >= 15 is 0 Å². The maximum absolute atomic E-state index is 11.9. The summed E-state index contributed by atoms with van der Waals surface area (Å²) in [7, 11) is 0. The van der Waals surface area contributed by atoms with Gasteiger partial charge in [-0.2, -0.15) is 0 Å². The van der Waals surface area contributed by atoms with Gasteiger partial charge in [0.05, 0.1) is 17.1 Å². The lowest BCUT2D eigenvalue weighted by atomic mass is 10.1. The van der Waals surface area contributed by atoms with Gasteiger partial charge in [-0.1, -0.05) is 24.3 Å². The molecule has 1 aromatic carbocycles. The number of amides is 1. The van der Waals surface area contributed by atoms with Crippen molar-refractivity contribution in [1.29, 1.82) is 0 Å². The summed E-state index contributed by atoms with van der Waals surface area (Å²) in [5.41, 5.74) is 3.02. The highest BCUT2D eigenvalue weighted by Crippen LogP contribution is 2.21. The standard InChI is InChI=1S/C16H20N2O2S/c1-11(7-8-19)17-16(20)9-13-3-5-14(6-4-13)15-10-21-12(2)18-15/h3-6,10-11,19H,7-9H2,1-2H3,(H,17,20). The Labute approximate surface area is 128 Å². The predicted molar refractivity (Wildman–Crippen MR) is 85.3 cm³/mol. The zero-order valence-electron chi connectivity index (χ0n) is 12.3. The Morgan fingerprint density at radius 2 is 2.10 bits per heavy atom. The fraction of sp³-hybridized carbons (Fsp3) is 0.375. The number of carbonyl (C=O) groups excluding carboxylic acids is 1. The van der Waals surface area contributed by atoms with Gasteiger partial charge in [0.2, 0.25) is 5.91 Å². The number of aliphatic hydroxyl groups is 1. The SMILES string of the molecule is Cc1nc(-c2ccc(CC(=O)NC(C)CCO)cc2)cs1. The number of nitrogens with zero attached hydrogens (tertiary/aromatic N) is 1. The van der Waals surface area contributed by atoms with Gasteiger partial charge >= 0.3 is 0 Å². The predicted octanol–water partition coefficient (Wildman–Crippen LogP) is 2.55. The van der Waals surface area contributed by atoms with Crippen LogP contribution in [0.1, 0.15) is 23.9 Å². The maximum Gasteiger partial charge on any atom is 0.224 e. The van der Waals surface area contributed by atoms with Crippen molar-refractivity contribution in [3.05, 3.63) is 40.2 Å². The number of hydrogen-bond donors (Lipinski definition) is 2. The number of thiazole rings is 1. The third-order valence-corrected chi connectivity index (χ3v) is 3.98. The van der Waals surface area contributed by atoms with Crippen LogP contribution in [0.3, 0.4) is 0 Å². The summed E-state index contributed by atoms with van der Waals surface area (Å²) >= 11 is 1.63. The highest BCUT2D eigenvalue weighted by molar-refractivity contribution is 7.09. The normalized spacial score (nSPS) is 12.1. The molecule has 1 unspecified atom stereocenters. The van der Waals surface area contributed by atoms with Crippen molar-refractivity contribution < 1.29 is 9.90 Å². The lowest BCUT2D eigenvalue weighted by Crippen LogP contribution is -2.34. The summed E-state index contributed by atoms with van der Waals surface area (Å²) in [5.74, 6) is -0.0202. The summed E-state index contributed by atoms with van der Waals surface area (Å²) in [6, 6.07) is 7.91. The Hall–Kier alpha value is -1.72. The minimum absolute atomic E-state index is 0.000227. The van der Waals surface area contributed by atoms with E-state index in [2.05, 4.69) is 10.3 Å². The van der Waals surface area contributed by atoms with Gasteiger partial charge in [0.1, 0.15) is 0 Å². The van der Waals surface area contributed by atoms with Gasteiger partial charge in [-0.15, -0.1) is 11.3 Å². The molecule has 21 heavy (non-hydrogen) atoms. The van der Waals surface area contributed by atoms with E-state index in [0.717, 1.165) is 21.8 Å². The molecule has 5 heteroatoms. The van der Waals surface area contributed by atoms with Crippen LogP contribution in [-0.2, 0) is 11.2 Å². The molecule has 0 aliphatic heterocycles. The van der Waals surface area contributed by atoms with Gasteiger partial charge < -0.3 is 10.4 Å². The number of aryl methyl sites for hydroxylation is 1. The monoisotopic (exact) mass is 304 g/mol. The Kier molecular flexibility index (Phi) is 5.47. The number of rotatable bonds is 6. The van der Waals surface area contributed by atoms with Crippen LogP contribution in [-0.4, -0.2) is 28.6 Å². The van der Waals surface area contributed by atoms with E-state index in [-0.39, 0.29) is 18.6 Å². The minimum Gasteiger partial charge on any atom is -0.396 e. The summed E-state index contributed by atoms with van der Waals surface area (Å²) in [6.45, 7) is 3.96. The van der Waals surface area contributed by atoms with Gasteiger partial charge in [-0.25, -0.2) is 4.98 Å². The van der Waals surface area contributed by atoms with Crippen molar-refractivity contribution in [3.8, 4) is 11.3 Å². The Bertz CT molecular complexity index is 593. The Morgan fingerprint density at radius 1 is 1.38 bits per heavy atom. The Balaban J connectivity index is 1.95. The summed E-state index contributed by atoms with van der Waals surface area (Å²) in [5, 5.41) is 14.8. The van der Waals surface area contributed by atoms with Crippen LogP contribution in [0.2, 0.25) is 0 Å². The highest BCUT2D eigenvalue weighted by atomic mass is 32.1. The average Bonchev–Trinajstić information content (AvgIpc) is 2.86. The van der Waals surface area contributed by atoms with Gasteiger partial charge in [0, 0.05) is 23.6 Å². The molecule has 0 fully saturated rings. The zero-order valence-corrected chi connectivity index (χ0v) is 13.1. The van der Waals surface area contributed by atoms with E-state index in [1.54, 1.807) is 11.3 Å².